The first-order chi connectivity index (χ1) is 12.6. The molecule has 2 nitrogen and oxygen atoms in total. The van der Waals surface area contributed by atoms with Crippen LogP contribution in [0.25, 0.3) is 0 Å². The standard InChI is InChI=1S/C23H43IO2Si2/c1-12-20(25-27(8,9)22(2,3)4)16-14-13-15-17-21(18-19-24)26-28(10,11)23(5,6)7/h14,16,18-21H,12,17H2,1-11H3/b16-14+,19-18+/t20-,21+/m1/s1. The molecule has 0 aromatic rings. The lowest BCUT2D eigenvalue weighted by atomic mass is 10.2. The van der Waals surface area contributed by atoms with Gasteiger partial charge in [0.25, 0.3) is 0 Å². The molecule has 0 N–H and O–H groups in total. The summed E-state index contributed by atoms with van der Waals surface area (Å²) in [5.74, 6) is 6.47. The summed E-state index contributed by atoms with van der Waals surface area (Å²) in [6.07, 6.45) is 8.08. The summed E-state index contributed by atoms with van der Waals surface area (Å²) in [4.78, 5) is 0. The van der Waals surface area contributed by atoms with Gasteiger partial charge in [-0.1, -0.05) is 89.0 Å². The molecule has 0 fully saturated rings. The topological polar surface area (TPSA) is 18.5 Å². The molecule has 0 spiro atoms. The van der Waals surface area contributed by atoms with Crippen LogP contribution in [0, 0.1) is 11.8 Å². The fraction of sp³-hybridized carbons (Fsp3) is 0.739. The molecule has 0 aliphatic carbocycles. The van der Waals surface area contributed by atoms with Gasteiger partial charge in [0.15, 0.2) is 16.6 Å². The Kier molecular flexibility index (Phi) is 11.5. The minimum absolute atomic E-state index is 0.0594. The molecular weight excluding hydrogens is 491 g/mol. The maximum atomic E-state index is 6.50. The highest BCUT2D eigenvalue weighted by atomic mass is 127. The van der Waals surface area contributed by atoms with Gasteiger partial charge in [-0.2, -0.15) is 0 Å². The van der Waals surface area contributed by atoms with Gasteiger partial charge >= 0.3 is 0 Å². The van der Waals surface area contributed by atoms with Gasteiger partial charge in [0, 0.05) is 6.42 Å². The molecule has 0 amide bonds. The lowest BCUT2D eigenvalue weighted by Crippen LogP contribution is -2.43. The zero-order valence-corrected chi connectivity index (χ0v) is 24.2. The van der Waals surface area contributed by atoms with Crippen molar-refractivity contribution < 1.29 is 8.85 Å². The Morgan fingerprint density at radius 1 is 0.857 bits per heavy atom. The average Bonchev–Trinajstić information content (AvgIpc) is 2.50. The molecule has 0 rings (SSSR count). The summed E-state index contributed by atoms with van der Waals surface area (Å²) in [6.45, 7) is 25.0. The van der Waals surface area contributed by atoms with Crippen molar-refractivity contribution in [3.05, 3.63) is 22.3 Å². The van der Waals surface area contributed by atoms with E-state index in [2.05, 4.69) is 121 Å². The number of allylic oxidation sites excluding steroid dienone is 1. The van der Waals surface area contributed by atoms with Crippen molar-refractivity contribution in [2.75, 3.05) is 0 Å². The Morgan fingerprint density at radius 3 is 1.71 bits per heavy atom. The van der Waals surface area contributed by atoms with Crippen LogP contribution in [-0.4, -0.2) is 28.8 Å². The number of hydrogen-bond donors (Lipinski definition) is 0. The van der Waals surface area contributed by atoms with E-state index in [1.54, 1.807) is 0 Å². The van der Waals surface area contributed by atoms with Crippen LogP contribution in [0.15, 0.2) is 22.3 Å². The van der Waals surface area contributed by atoms with Crippen LogP contribution >= 0.6 is 22.6 Å². The molecule has 0 aromatic heterocycles. The zero-order chi connectivity index (χ0) is 22.2. The largest absolute Gasteiger partial charge is 0.411 e. The Hall–Kier alpha value is 0.124. The molecule has 0 aliphatic rings. The molecule has 0 aromatic carbocycles. The van der Waals surface area contributed by atoms with Gasteiger partial charge in [-0.3, -0.25) is 0 Å². The van der Waals surface area contributed by atoms with Gasteiger partial charge < -0.3 is 8.85 Å². The molecule has 0 unspecified atom stereocenters. The second kappa shape index (κ2) is 11.5. The van der Waals surface area contributed by atoms with Gasteiger partial charge in [-0.25, -0.2) is 0 Å². The molecule has 0 bridgehead atoms. The third-order valence-corrected chi connectivity index (χ3v) is 15.4. The predicted octanol–water partition coefficient (Wildman–Crippen LogP) is 8.08. The highest BCUT2D eigenvalue weighted by Crippen LogP contribution is 2.38. The summed E-state index contributed by atoms with van der Waals surface area (Å²) in [5.41, 5.74) is 0. The minimum atomic E-state index is -1.80. The summed E-state index contributed by atoms with van der Waals surface area (Å²) in [5, 5.41) is 0.424. The van der Waals surface area contributed by atoms with Crippen LogP contribution in [0.4, 0.5) is 0 Å². The summed E-state index contributed by atoms with van der Waals surface area (Å²) >= 11 is 2.26. The molecule has 0 saturated carbocycles. The predicted molar refractivity (Wildman–Crippen MR) is 139 cm³/mol. The lowest BCUT2D eigenvalue weighted by Gasteiger charge is -2.38. The SMILES string of the molecule is CC[C@H](/C=C/C#CC[C@@H](/C=C/I)O[Si](C)(C)C(C)(C)C)O[Si](C)(C)C(C)(C)C. The van der Waals surface area contributed by atoms with Crippen molar-refractivity contribution in [2.45, 2.75) is 110 Å². The van der Waals surface area contributed by atoms with Crippen LogP contribution in [0.2, 0.25) is 36.3 Å². The van der Waals surface area contributed by atoms with Crippen molar-refractivity contribution >= 4 is 39.2 Å². The Morgan fingerprint density at radius 2 is 1.32 bits per heavy atom. The van der Waals surface area contributed by atoms with E-state index >= 15 is 0 Å². The van der Waals surface area contributed by atoms with E-state index in [-0.39, 0.29) is 22.3 Å². The Balaban J connectivity index is 4.97. The maximum Gasteiger partial charge on any atom is 0.192 e. The van der Waals surface area contributed by atoms with Crippen molar-refractivity contribution in [3.8, 4) is 11.8 Å². The minimum Gasteiger partial charge on any atom is -0.411 e. The van der Waals surface area contributed by atoms with Gasteiger partial charge in [0.05, 0.1) is 12.2 Å². The maximum absolute atomic E-state index is 6.50. The molecule has 28 heavy (non-hydrogen) atoms. The first-order valence-electron chi connectivity index (χ1n) is 10.3. The van der Waals surface area contributed by atoms with E-state index in [0.717, 1.165) is 12.8 Å². The number of rotatable bonds is 8. The van der Waals surface area contributed by atoms with Gasteiger partial charge in [-0.15, -0.1) is 0 Å². The molecular formula is C23H43IO2Si2. The van der Waals surface area contributed by atoms with Crippen molar-refractivity contribution in [1.82, 2.24) is 0 Å². The van der Waals surface area contributed by atoms with E-state index in [9.17, 15) is 0 Å². The van der Waals surface area contributed by atoms with Crippen LogP contribution in [-0.2, 0) is 8.85 Å². The monoisotopic (exact) mass is 534 g/mol. The molecule has 2 atom stereocenters. The quantitative estimate of drug-likeness (QED) is 0.178. The molecule has 162 valence electrons. The second-order valence-corrected chi connectivity index (χ2v) is 20.7. The third-order valence-electron chi connectivity index (χ3n) is 5.99. The molecule has 0 aliphatic heterocycles. The first kappa shape index (κ1) is 28.1. The highest BCUT2D eigenvalue weighted by molar-refractivity contribution is 14.1. The Bertz CT molecular complexity index is 584. The van der Waals surface area contributed by atoms with Gasteiger partial charge in [-0.05, 0) is 58.9 Å². The van der Waals surface area contributed by atoms with Crippen LogP contribution in [0.1, 0.15) is 61.3 Å². The van der Waals surface area contributed by atoms with E-state index in [1.165, 1.54) is 0 Å². The van der Waals surface area contributed by atoms with Crippen molar-refractivity contribution in [2.24, 2.45) is 0 Å². The summed E-state index contributed by atoms with van der Waals surface area (Å²) < 4.78 is 15.0. The summed E-state index contributed by atoms with van der Waals surface area (Å²) in [7, 11) is -3.55. The van der Waals surface area contributed by atoms with Crippen LogP contribution in [0.3, 0.4) is 0 Å². The van der Waals surface area contributed by atoms with Crippen molar-refractivity contribution in [3.63, 3.8) is 0 Å². The fourth-order valence-electron chi connectivity index (χ4n) is 1.97. The van der Waals surface area contributed by atoms with Gasteiger partial charge in [0.1, 0.15) is 0 Å². The van der Waals surface area contributed by atoms with E-state index < -0.39 is 16.6 Å². The van der Waals surface area contributed by atoms with Crippen molar-refractivity contribution in [1.29, 1.82) is 0 Å². The highest BCUT2D eigenvalue weighted by Gasteiger charge is 2.39. The van der Waals surface area contributed by atoms with E-state index in [1.807, 2.05) is 10.2 Å². The normalized spacial score (nSPS) is 16.3. The third kappa shape index (κ3) is 9.75. The molecule has 0 radical (unpaired) electrons. The number of halogens is 1. The summed E-state index contributed by atoms with van der Waals surface area (Å²) in [6, 6.07) is 0. The molecule has 5 heteroatoms. The number of hydrogen-bond acceptors (Lipinski definition) is 2. The van der Waals surface area contributed by atoms with E-state index in [4.69, 9.17) is 8.85 Å². The Labute approximate surface area is 191 Å². The lowest BCUT2D eigenvalue weighted by molar-refractivity contribution is 0.221. The van der Waals surface area contributed by atoms with Crippen LogP contribution < -0.4 is 0 Å². The first-order valence-corrected chi connectivity index (χ1v) is 17.4. The fourth-order valence-corrected chi connectivity index (χ4v) is 5.06. The zero-order valence-electron chi connectivity index (χ0n) is 20.1. The smallest absolute Gasteiger partial charge is 0.192 e. The average molecular weight is 535 g/mol. The van der Waals surface area contributed by atoms with Gasteiger partial charge in [0.2, 0.25) is 0 Å². The molecule has 0 saturated heterocycles. The second-order valence-electron chi connectivity index (χ2n) is 10.4. The molecule has 0 heterocycles. The van der Waals surface area contributed by atoms with Crippen LogP contribution in [0.5, 0.6) is 0 Å². The van der Waals surface area contributed by atoms with E-state index in [0.29, 0.717) is 0 Å².